The van der Waals surface area contributed by atoms with Gasteiger partial charge in [0.15, 0.2) is 11.5 Å². The molecule has 0 amide bonds. The maximum absolute atomic E-state index is 5.54. The second kappa shape index (κ2) is 7.53. The second-order valence-corrected chi connectivity index (χ2v) is 7.68. The predicted octanol–water partition coefficient (Wildman–Crippen LogP) is 4.31. The highest BCUT2D eigenvalue weighted by Gasteiger charge is 2.22. The van der Waals surface area contributed by atoms with Crippen LogP contribution in [0.4, 0.5) is 0 Å². The molecule has 0 N–H and O–H groups in total. The third-order valence-electron chi connectivity index (χ3n) is 4.52. The van der Waals surface area contributed by atoms with E-state index in [1.165, 1.54) is 19.5 Å². The van der Waals surface area contributed by atoms with Crippen LogP contribution >= 0.6 is 11.3 Å². The number of nitrogens with zero attached hydrogens (tertiary/aromatic N) is 2. The summed E-state index contributed by atoms with van der Waals surface area (Å²) in [5, 5.41) is 3.15. The highest BCUT2D eigenvalue weighted by molar-refractivity contribution is 7.13. The molecule has 2 atom stereocenters. The molecular weight excluding hydrogens is 320 g/mol. The van der Waals surface area contributed by atoms with Crippen molar-refractivity contribution in [1.82, 2.24) is 9.88 Å². The minimum absolute atomic E-state index is 0.741. The van der Waals surface area contributed by atoms with Gasteiger partial charge in [0.05, 0.1) is 25.5 Å². The molecule has 0 radical (unpaired) electrons. The van der Waals surface area contributed by atoms with Crippen molar-refractivity contribution in [3.63, 3.8) is 0 Å². The maximum Gasteiger partial charge on any atom is 0.170 e. The van der Waals surface area contributed by atoms with Crippen molar-refractivity contribution in [2.45, 2.75) is 26.8 Å². The van der Waals surface area contributed by atoms with E-state index in [0.717, 1.165) is 46.1 Å². The monoisotopic (exact) mass is 346 g/mol. The average molecular weight is 346 g/mol. The summed E-state index contributed by atoms with van der Waals surface area (Å²) in [6.45, 7) is 7.95. The number of hydrogen-bond donors (Lipinski definition) is 0. The Hall–Kier alpha value is -1.59. The molecule has 2 heterocycles. The maximum atomic E-state index is 5.54. The number of benzene rings is 1. The van der Waals surface area contributed by atoms with Gasteiger partial charge in [-0.15, -0.1) is 11.3 Å². The summed E-state index contributed by atoms with van der Waals surface area (Å²) in [6.07, 6.45) is 1.33. The van der Waals surface area contributed by atoms with Crippen LogP contribution in [0.25, 0.3) is 10.6 Å². The molecule has 2 aromatic rings. The number of ether oxygens (including phenoxy) is 2. The van der Waals surface area contributed by atoms with Crippen LogP contribution in [0.2, 0.25) is 0 Å². The minimum Gasteiger partial charge on any atom is -0.493 e. The molecular formula is C19H26N2O2S. The zero-order valence-electron chi connectivity index (χ0n) is 14.9. The number of hydrogen-bond acceptors (Lipinski definition) is 5. The van der Waals surface area contributed by atoms with E-state index in [1.807, 2.05) is 18.2 Å². The molecule has 2 unspecified atom stereocenters. The molecule has 5 heteroatoms. The summed E-state index contributed by atoms with van der Waals surface area (Å²) in [4.78, 5) is 7.38. The highest BCUT2D eigenvalue weighted by atomic mass is 32.1. The number of methoxy groups -OCH3 is 2. The fourth-order valence-corrected chi connectivity index (χ4v) is 4.54. The first-order valence-electron chi connectivity index (χ1n) is 8.48. The highest BCUT2D eigenvalue weighted by Crippen LogP contribution is 2.39. The standard InChI is InChI=1S/C19H26N2O2S/c1-13-8-14(2)10-21(9-13)11-15-12-24-19(20-15)16-6-5-7-17(22-3)18(16)23-4/h5-7,12-14H,8-11H2,1-4H3. The summed E-state index contributed by atoms with van der Waals surface area (Å²) in [7, 11) is 3.33. The summed E-state index contributed by atoms with van der Waals surface area (Å²) in [6, 6.07) is 5.92. The zero-order chi connectivity index (χ0) is 17.1. The lowest BCUT2D eigenvalue weighted by Crippen LogP contribution is -2.38. The first-order valence-corrected chi connectivity index (χ1v) is 9.36. The van der Waals surface area contributed by atoms with Crippen molar-refractivity contribution in [3.05, 3.63) is 29.3 Å². The normalized spacial score (nSPS) is 21.7. The number of likely N-dealkylation sites (tertiary alicyclic amines) is 1. The molecule has 1 aliphatic heterocycles. The van der Waals surface area contributed by atoms with Gasteiger partial charge >= 0.3 is 0 Å². The third-order valence-corrected chi connectivity index (χ3v) is 5.44. The molecule has 0 spiro atoms. The Morgan fingerprint density at radius 1 is 1.17 bits per heavy atom. The van der Waals surface area contributed by atoms with Crippen molar-refractivity contribution < 1.29 is 9.47 Å². The van der Waals surface area contributed by atoms with Crippen molar-refractivity contribution in [2.75, 3.05) is 27.3 Å². The Morgan fingerprint density at radius 2 is 1.92 bits per heavy atom. The van der Waals surface area contributed by atoms with Gasteiger partial charge in [0.1, 0.15) is 5.01 Å². The van der Waals surface area contributed by atoms with Gasteiger partial charge in [-0.25, -0.2) is 4.98 Å². The summed E-state index contributed by atoms with van der Waals surface area (Å²) in [5.74, 6) is 3.03. The Morgan fingerprint density at radius 3 is 2.58 bits per heavy atom. The lowest BCUT2D eigenvalue weighted by atomic mass is 9.92. The molecule has 0 bridgehead atoms. The van der Waals surface area contributed by atoms with Crippen LogP contribution < -0.4 is 9.47 Å². The van der Waals surface area contributed by atoms with E-state index < -0.39 is 0 Å². The smallest absolute Gasteiger partial charge is 0.170 e. The van der Waals surface area contributed by atoms with E-state index in [9.17, 15) is 0 Å². The first-order chi connectivity index (χ1) is 11.6. The lowest BCUT2D eigenvalue weighted by Gasteiger charge is -2.34. The SMILES string of the molecule is COc1cccc(-c2nc(CN3CC(C)CC(C)C3)cs2)c1OC. The Balaban J connectivity index is 1.79. The van der Waals surface area contributed by atoms with Crippen LogP contribution in [-0.4, -0.2) is 37.2 Å². The van der Waals surface area contributed by atoms with Crippen LogP contribution in [0.3, 0.4) is 0 Å². The molecule has 1 aromatic heterocycles. The molecule has 24 heavy (non-hydrogen) atoms. The largest absolute Gasteiger partial charge is 0.493 e. The molecule has 1 aliphatic rings. The van der Waals surface area contributed by atoms with Gasteiger partial charge in [0.2, 0.25) is 0 Å². The van der Waals surface area contributed by atoms with E-state index in [1.54, 1.807) is 25.6 Å². The second-order valence-electron chi connectivity index (χ2n) is 6.83. The van der Waals surface area contributed by atoms with E-state index in [2.05, 4.69) is 24.1 Å². The predicted molar refractivity (Wildman–Crippen MR) is 98.9 cm³/mol. The van der Waals surface area contributed by atoms with Crippen LogP contribution in [0, 0.1) is 11.8 Å². The third kappa shape index (κ3) is 3.73. The molecule has 3 rings (SSSR count). The lowest BCUT2D eigenvalue weighted by molar-refractivity contribution is 0.133. The Kier molecular flexibility index (Phi) is 5.41. The number of piperidine rings is 1. The van der Waals surface area contributed by atoms with Gasteiger partial charge in [0, 0.05) is 25.0 Å². The van der Waals surface area contributed by atoms with Crippen molar-refractivity contribution in [2.24, 2.45) is 11.8 Å². The van der Waals surface area contributed by atoms with Crippen LogP contribution in [0.5, 0.6) is 11.5 Å². The van der Waals surface area contributed by atoms with Crippen molar-refractivity contribution in [1.29, 1.82) is 0 Å². The number of rotatable bonds is 5. The van der Waals surface area contributed by atoms with E-state index in [4.69, 9.17) is 14.5 Å². The number of aromatic nitrogens is 1. The molecule has 1 fully saturated rings. The number of para-hydroxylation sites is 1. The van der Waals surface area contributed by atoms with Gasteiger partial charge < -0.3 is 9.47 Å². The Bertz CT molecular complexity index is 676. The summed E-state index contributed by atoms with van der Waals surface area (Å²) >= 11 is 1.67. The summed E-state index contributed by atoms with van der Waals surface area (Å²) < 4.78 is 10.9. The minimum atomic E-state index is 0.741. The Labute approximate surface area is 148 Å². The van der Waals surface area contributed by atoms with Gasteiger partial charge in [-0.1, -0.05) is 19.9 Å². The zero-order valence-corrected chi connectivity index (χ0v) is 15.7. The molecule has 0 saturated carbocycles. The average Bonchev–Trinajstić information content (AvgIpc) is 3.01. The van der Waals surface area contributed by atoms with Gasteiger partial charge in [0.25, 0.3) is 0 Å². The van der Waals surface area contributed by atoms with Crippen molar-refractivity contribution >= 4 is 11.3 Å². The van der Waals surface area contributed by atoms with Gasteiger partial charge in [-0.2, -0.15) is 0 Å². The van der Waals surface area contributed by atoms with E-state index >= 15 is 0 Å². The molecule has 4 nitrogen and oxygen atoms in total. The van der Waals surface area contributed by atoms with Crippen LogP contribution in [-0.2, 0) is 6.54 Å². The van der Waals surface area contributed by atoms with Gasteiger partial charge in [-0.3, -0.25) is 4.90 Å². The molecule has 1 aromatic carbocycles. The van der Waals surface area contributed by atoms with Crippen molar-refractivity contribution in [3.8, 4) is 22.1 Å². The summed E-state index contributed by atoms with van der Waals surface area (Å²) in [5.41, 5.74) is 2.13. The number of thiazole rings is 1. The molecule has 0 aliphatic carbocycles. The van der Waals surface area contributed by atoms with E-state index in [0.29, 0.717) is 0 Å². The first kappa shape index (κ1) is 17.2. The molecule has 1 saturated heterocycles. The topological polar surface area (TPSA) is 34.6 Å². The van der Waals surface area contributed by atoms with E-state index in [-0.39, 0.29) is 0 Å². The molecule has 130 valence electrons. The quantitative estimate of drug-likeness (QED) is 0.808. The van der Waals surface area contributed by atoms with Gasteiger partial charge in [-0.05, 0) is 30.4 Å². The van der Waals surface area contributed by atoms with Crippen LogP contribution in [0.1, 0.15) is 26.0 Å². The fourth-order valence-electron chi connectivity index (χ4n) is 3.71. The fraction of sp³-hybridized carbons (Fsp3) is 0.526. The van der Waals surface area contributed by atoms with Crippen LogP contribution in [0.15, 0.2) is 23.6 Å².